The van der Waals surface area contributed by atoms with Crippen molar-refractivity contribution >= 4 is 27.5 Å². The molecule has 1 saturated heterocycles. The average molecular weight is 327 g/mol. The van der Waals surface area contributed by atoms with Crippen LogP contribution in [0.5, 0.6) is 0 Å². The molecular weight excluding hydrogens is 308 g/mol. The molecule has 0 spiro atoms. The van der Waals surface area contributed by atoms with Crippen molar-refractivity contribution in [2.75, 3.05) is 25.1 Å². The van der Waals surface area contributed by atoms with Crippen LogP contribution in [0.1, 0.15) is 12.5 Å². The molecule has 1 aromatic rings. The van der Waals surface area contributed by atoms with E-state index in [0.717, 1.165) is 22.3 Å². The van der Waals surface area contributed by atoms with E-state index in [0.29, 0.717) is 13.2 Å². The molecule has 2 rings (SSSR count). The van der Waals surface area contributed by atoms with Crippen LogP contribution in [0.3, 0.4) is 0 Å². The number of hydrogen-bond donors (Lipinski definition) is 2. The minimum atomic E-state index is -0.126. The Kier molecular flexibility index (Phi) is 4.96. The Morgan fingerprint density at radius 2 is 2.21 bits per heavy atom. The fourth-order valence-electron chi connectivity index (χ4n) is 2.32. The lowest BCUT2D eigenvalue weighted by molar-refractivity contribution is -0.120. The predicted octanol–water partition coefficient (Wildman–Crippen LogP) is 2.32. The van der Waals surface area contributed by atoms with E-state index in [1.807, 2.05) is 32.0 Å². The topological polar surface area (TPSA) is 50.4 Å². The minimum Gasteiger partial charge on any atom is -0.379 e. The fraction of sp³-hybridized carbons (Fsp3) is 0.500. The van der Waals surface area contributed by atoms with E-state index in [1.54, 1.807) is 0 Å². The Hall–Kier alpha value is -0.910. The third kappa shape index (κ3) is 3.78. The second-order valence-corrected chi connectivity index (χ2v) is 5.73. The van der Waals surface area contributed by atoms with Crippen LogP contribution in [-0.4, -0.2) is 31.7 Å². The van der Waals surface area contributed by atoms with E-state index in [2.05, 4.69) is 26.6 Å². The summed E-state index contributed by atoms with van der Waals surface area (Å²) in [7, 11) is 0. The third-order valence-corrected chi connectivity index (χ3v) is 3.65. The first-order valence-corrected chi connectivity index (χ1v) is 7.28. The SMILES string of the molecule is CCNC1COCC1C(=O)Nc1cc(C)cc(Br)c1. The number of rotatable bonds is 4. The van der Waals surface area contributed by atoms with Gasteiger partial charge in [-0.15, -0.1) is 0 Å². The highest BCUT2D eigenvalue weighted by atomic mass is 79.9. The van der Waals surface area contributed by atoms with Gasteiger partial charge in [-0.2, -0.15) is 0 Å². The van der Waals surface area contributed by atoms with E-state index in [1.165, 1.54) is 0 Å². The number of nitrogens with one attached hydrogen (secondary N) is 2. The van der Waals surface area contributed by atoms with Crippen molar-refractivity contribution in [2.45, 2.75) is 19.9 Å². The van der Waals surface area contributed by atoms with Gasteiger partial charge in [-0.1, -0.05) is 22.9 Å². The van der Waals surface area contributed by atoms with Crippen LogP contribution in [0.2, 0.25) is 0 Å². The summed E-state index contributed by atoms with van der Waals surface area (Å²) >= 11 is 3.43. The summed E-state index contributed by atoms with van der Waals surface area (Å²) in [4.78, 5) is 12.3. The number of likely N-dealkylation sites (N-methyl/N-ethyl adjacent to an activating group) is 1. The smallest absolute Gasteiger partial charge is 0.231 e. The maximum atomic E-state index is 12.3. The number of amides is 1. The van der Waals surface area contributed by atoms with Crippen molar-refractivity contribution < 1.29 is 9.53 Å². The zero-order chi connectivity index (χ0) is 13.8. The summed E-state index contributed by atoms with van der Waals surface area (Å²) in [6.07, 6.45) is 0. The number of carbonyl (C=O) groups excluding carboxylic acids is 1. The molecule has 0 saturated carbocycles. The number of aryl methyl sites for hydroxylation is 1. The molecular formula is C14H19BrN2O2. The molecule has 1 amide bonds. The maximum absolute atomic E-state index is 12.3. The highest BCUT2D eigenvalue weighted by Crippen LogP contribution is 2.21. The first-order chi connectivity index (χ1) is 9.10. The Labute approximate surface area is 122 Å². The monoisotopic (exact) mass is 326 g/mol. The molecule has 0 aliphatic carbocycles. The van der Waals surface area contributed by atoms with Crippen molar-refractivity contribution in [1.82, 2.24) is 5.32 Å². The third-order valence-electron chi connectivity index (χ3n) is 3.19. The first-order valence-electron chi connectivity index (χ1n) is 6.49. The molecule has 1 aliphatic rings. The second kappa shape index (κ2) is 6.50. The summed E-state index contributed by atoms with van der Waals surface area (Å²) in [6.45, 7) is 5.96. The molecule has 1 aromatic carbocycles. The van der Waals surface area contributed by atoms with Crippen molar-refractivity contribution in [3.05, 3.63) is 28.2 Å². The number of benzene rings is 1. The second-order valence-electron chi connectivity index (χ2n) is 4.81. The number of hydrogen-bond acceptors (Lipinski definition) is 3. The lowest BCUT2D eigenvalue weighted by Gasteiger charge is -2.18. The van der Waals surface area contributed by atoms with Gasteiger partial charge in [0, 0.05) is 16.2 Å². The van der Waals surface area contributed by atoms with E-state index in [-0.39, 0.29) is 17.9 Å². The molecule has 4 nitrogen and oxygen atoms in total. The van der Waals surface area contributed by atoms with Gasteiger partial charge in [0.05, 0.1) is 19.1 Å². The van der Waals surface area contributed by atoms with Crippen LogP contribution in [-0.2, 0) is 9.53 Å². The largest absolute Gasteiger partial charge is 0.379 e. The van der Waals surface area contributed by atoms with Crippen LogP contribution >= 0.6 is 15.9 Å². The predicted molar refractivity (Wildman–Crippen MR) is 79.3 cm³/mol. The number of anilines is 1. The van der Waals surface area contributed by atoms with Gasteiger partial charge in [-0.3, -0.25) is 4.79 Å². The van der Waals surface area contributed by atoms with Crippen LogP contribution < -0.4 is 10.6 Å². The standard InChI is InChI=1S/C14H19BrN2O2/c1-3-16-13-8-19-7-12(13)14(18)17-11-5-9(2)4-10(15)6-11/h4-6,12-13,16H,3,7-8H2,1-2H3,(H,17,18). The quantitative estimate of drug-likeness (QED) is 0.892. The van der Waals surface area contributed by atoms with E-state index in [9.17, 15) is 4.79 Å². The summed E-state index contributed by atoms with van der Waals surface area (Å²) < 4.78 is 6.36. The molecule has 5 heteroatoms. The van der Waals surface area contributed by atoms with E-state index >= 15 is 0 Å². The van der Waals surface area contributed by atoms with E-state index < -0.39 is 0 Å². The van der Waals surface area contributed by atoms with Gasteiger partial charge in [0.15, 0.2) is 0 Å². The van der Waals surface area contributed by atoms with Crippen LogP contribution in [0.4, 0.5) is 5.69 Å². The summed E-state index contributed by atoms with van der Waals surface area (Å²) in [6, 6.07) is 5.98. The Morgan fingerprint density at radius 1 is 1.42 bits per heavy atom. The van der Waals surface area contributed by atoms with Gasteiger partial charge in [0.25, 0.3) is 0 Å². The molecule has 0 radical (unpaired) electrons. The lowest BCUT2D eigenvalue weighted by atomic mass is 10.0. The van der Waals surface area contributed by atoms with Crippen LogP contribution in [0, 0.1) is 12.8 Å². The zero-order valence-corrected chi connectivity index (χ0v) is 12.8. The van der Waals surface area contributed by atoms with Crippen molar-refractivity contribution in [3.63, 3.8) is 0 Å². The molecule has 1 heterocycles. The molecule has 0 aromatic heterocycles. The summed E-state index contributed by atoms with van der Waals surface area (Å²) in [5, 5.41) is 6.25. The van der Waals surface area contributed by atoms with Gasteiger partial charge in [0.1, 0.15) is 0 Å². The van der Waals surface area contributed by atoms with Gasteiger partial charge in [0.2, 0.25) is 5.91 Å². The van der Waals surface area contributed by atoms with Crippen LogP contribution in [0.15, 0.2) is 22.7 Å². The first kappa shape index (κ1) is 14.5. The summed E-state index contributed by atoms with van der Waals surface area (Å²) in [5.74, 6) is -0.111. The Balaban J connectivity index is 2.04. The van der Waals surface area contributed by atoms with Crippen molar-refractivity contribution in [2.24, 2.45) is 5.92 Å². The molecule has 19 heavy (non-hydrogen) atoms. The Bertz CT molecular complexity index is 445. The van der Waals surface area contributed by atoms with Crippen molar-refractivity contribution in [1.29, 1.82) is 0 Å². The number of halogens is 1. The molecule has 0 bridgehead atoms. The highest BCUT2D eigenvalue weighted by Gasteiger charge is 2.33. The summed E-state index contributed by atoms with van der Waals surface area (Å²) in [5.41, 5.74) is 1.93. The number of carbonyl (C=O) groups is 1. The minimum absolute atomic E-state index is 0.0148. The number of ether oxygens (including phenoxy) is 1. The fourth-order valence-corrected chi connectivity index (χ4v) is 2.93. The highest BCUT2D eigenvalue weighted by molar-refractivity contribution is 9.10. The molecule has 104 valence electrons. The molecule has 2 unspecified atom stereocenters. The van der Waals surface area contributed by atoms with Gasteiger partial charge >= 0.3 is 0 Å². The Morgan fingerprint density at radius 3 is 2.89 bits per heavy atom. The van der Waals surface area contributed by atoms with Gasteiger partial charge in [-0.05, 0) is 37.2 Å². The molecule has 1 fully saturated rings. The van der Waals surface area contributed by atoms with Gasteiger partial charge < -0.3 is 15.4 Å². The molecule has 2 atom stereocenters. The van der Waals surface area contributed by atoms with Crippen LogP contribution in [0.25, 0.3) is 0 Å². The van der Waals surface area contributed by atoms with Crippen molar-refractivity contribution in [3.8, 4) is 0 Å². The zero-order valence-electron chi connectivity index (χ0n) is 11.2. The molecule has 1 aliphatic heterocycles. The van der Waals surface area contributed by atoms with E-state index in [4.69, 9.17) is 4.74 Å². The molecule has 2 N–H and O–H groups in total. The average Bonchev–Trinajstić information content (AvgIpc) is 2.76. The normalized spacial score (nSPS) is 22.5. The van der Waals surface area contributed by atoms with Gasteiger partial charge in [-0.25, -0.2) is 0 Å². The lowest BCUT2D eigenvalue weighted by Crippen LogP contribution is -2.41. The maximum Gasteiger partial charge on any atom is 0.231 e.